The van der Waals surface area contributed by atoms with E-state index in [0.29, 0.717) is 5.75 Å². The summed E-state index contributed by atoms with van der Waals surface area (Å²) in [7, 11) is 0. The summed E-state index contributed by atoms with van der Waals surface area (Å²) in [4.78, 5) is 0. The molecule has 0 aliphatic heterocycles. The van der Waals surface area contributed by atoms with Crippen LogP contribution in [0.5, 0.6) is 5.75 Å². The van der Waals surface area contributed by atoms with Gasteiger partial charge < -0.3 is 5.11 Å². The number of aromatic hydroxyl groups is 1. The number of rotatable bonds is 4. The van der Waals surface area contributed by atoms with Crippen LogP contribution in [0.25, 0.3) is 0 Å². The van der Waals surface area contributed by atoms with Crippen molar-refractivity contribution < 1.29 is 5.11 Å². The van der Waals surface area contributed by atoms with E-state index in [9.17, 15) is 5.11 Å². The van der Waals surface area contributed by atoms with Crippen LogP contribution < -0.4 is 0 Å². The van der Waals surface area contributed by atoms with Crippen molar-refractivity contribution in [3.63, 3.8) is 0 Å². The molecule has 1 aromatic rings. The molecule has 0 aliphatic carbocycles. The number of benzene rings is 1. The highest BCUT2D eigenvalue weighted by atomic mass is 16.3. The van der Waals surface area contributed by atoms with Gasteiger partial charge in [-0.25, -0.2) is 0 Å². The number of aryl methyl sites for hydroxylation is 2. The minimum atomic E-state index is 0.455. The minimum Gasteiger partial charge on any atom is -0.508 e. The second-order valence-corrected chi connectivity index (χ2v) is 3.42. The highest BCUT2D eigenvalue weighted by molar-refractivity contribution is 5.36. The van der Waals surface area contributed by atoms with Gasteiger partial charge in [0, 0.05) is 0 Å². The van der Waals surface area contributed by atoms with E-state index in [4.69, 9.17) is 0 Å². The molecule has 1 nitrogen and oxygen atoms in total. The summed E-state index contributed by atoms with van der Waals surface area (Å²) in [5.41, 5.74) is 2.29. The Bertz CT molecular complexity index is 266. The second-order valence-electron chi connectivity index (χ2n) is 3.42. The third-order valence-electron chi connectivity index (χ3n) is 2.35. The zero-order valence-electron chi connectivity index (χ0n) is 8.51. The first kappa shape index (κ1) is 10.1. The maximum atomic E-state index is 9.59. The van der Waals surface area contributed by atoms with E-state index in [1.165, 1.54) is 18.4 Å². The number of unbranched alkanes of at least 4 members (excludes halogenated alkanes) is 1. The van der Waals surface area contributed by atoms with E-state index in [1.54, 1.807) is 0 Å². The molecule has 0 bridgehead atoms. The van der Waals surface area contributed by atoms with Crippen molar-refractivity contribution in [1.29, 1.82) is 0 Å². The molecule has 0 amide bonds. The largest absolute Gasteiger partial charge is 0.508 e. The van der Waals surface area contributed by atoms with Gasteiger partial charge in [-0.3, -0.25) is 0 Å². The van der Waals surface area contributed by atoms with Crippen molar-refractivity contribution in [3.05, 3.63) is 29.3 Å². The first-order chi connectivity index (χ1) is 6.27. The van der Waals surface area contributed by atoms with Crippen molar-refractivity contribution in [2.75, 3.05) is 0 Å². The Morgan fingerprint density at radius 3 is 2.54 bits per heavy atom. The topological polar surface area (TPSA) is 20.2 Å². The number of hydrogen-bond acceptors (Lipinski definition) is 1. The molecule has 1 aromatic carbocycles. The fourth-order valence-electron chi connectivity index (χ4n) is 1.44. The normalized spacial score (nSPS) is 10.3. The van der Waals surface area contributed by atoms with Gasteiger partial charge in [0.25, 0.3) is 0 Å². The Balaban J connectivity index is 2.71. The van der Waals surface area contributed by atoms with Crippen LogP contribution in [0.4, 0.5) is 0 Å². The molecule has 0 saturated carbocycles. The summed E-state index contributed by atoms with van der Waals surface area (Å²) in [6, 6.07) is 6.04. The Labute approximate surface area is 80.4 Å². The smallest absolute Gasteiger partial charge is 0.119 e. The van der Waals surface area contributed by atoms with Crippen molar-refractivity contribution in [2.24, 2.45) is 0 Å². The van der Waals surface area contributed by atoms with E-state index < -0.39 is 0 Å². The first-order valence-electron chi connectivity index (χ1n) is 5.08. The first-order valence-corrected chi connectivity index (χ1v) is 5.08. The Morgan fingerprint density at radius 1 is 1.23 bits per heavy atom. The summed E-state index contributed by atoms with van der Waals surface area (Å²) < 4.78 is 0. The van der Waals surface area contributed by atoms with Crippen LogP contribution in [0.2, 0.25) is 0 Å². The molecule has 0 unspecified atom stereocenters. The Hall–Kier alpha value is -0.980. The summed E-state index contributed by atoms with van der Waals surface area (Å²) in [5.74, 6) is 0.455. The van der Waals surface area contributed by atoms with Gasteiger partial charge in [-0.1, -0.05) is 32.4 Å². The summed E-state index contributed by atoms with van der Waals surface area (Å²) >= 11 is 0. The molecule has 1 rings (SSSR count). The van der Waals surface area contributed by atoms with Gasteiger partial charge in [-0.15, -0.1) is 0 Å². The van der Waals surface area contributed by atoms with Crippen molar-refractivity contribution in [1.82, 2.24) is 0 Å². The van der Waals surface area contributed by atoms with Gasteiger partial charge in [0.15, 0.2) is 0 Å². The SMILES string of the molecule is CCCCc1ccc(CC)c(O)c1. The van der Waals surface area contributed by atoms with Gasteiger partial charge in [-0.05, 0) is 36.5 Å². The lowest BCUT2D eigenvalue weighted by Crippen LogP contribution is -1.87. The molecule has 1 N–H and O–H groups in total. The quantitative estimate of drug-likeness (QED) is 0.750. The summed E-state index contributed by atoms with van der Waals surface area (Å²) in [5, 5.41) is 9.59. The lowest BCUT2D eigenvalue weighted by atomic mass is 10.0. The number of hydrogen-bond donors (Lipinski definition) is 1. The molecule has 72 valence electrons. The van der Waals surface area contributed by atoms with Crippen LogP contribution in [0.15, 0.2) is 18.2 Å². The van der Waals surface area contributed by atoms with E-state index in [-0.39, 0.29) is 0 Å². The predicted octanol–water partition coefficient (Wildman–Crippen LogP) is 3.30. The Morgan fingerprint density at radius 2 is 2.00 bits per heavy atom. The molecule has 0 atom stereocenters. The number of phenolic OH excluding ortho intramolecular Hbond substituents is 1. The standard InChI is InChI=1S/C12H18O/c1-3-5-6-10-7-8-11(4-2)12(13)9-10/h7-9,13H,3-6H2,1-2H3. The highest BCUT2D eigenvalue weighted by Gasteiger charge is 1.99. The van der Waals surface area contributed by atoms with E-state index in [1.807, 2.05) is 12.1 Å². The minimum absolute atomic E-state index is 0.455. The van der Waals surface area contributed by atoms with Crippen LogP contribution in [0, 0.1) is 0 Å². The molecule has 0 aromatic heterocycles. The molecule has 0 saturated heterocycles. The molecule has 0 fully saturated rings. The lowest BCUT2D eigenvalue weighted by molar-refractivity contribution is 0.468. The van der Waals surface area contributed by atoms with Crippen LogP contribution in [0.1, 0.15) is 37.8 Å². The predicted molar refractivity (Wildman–Crippen MR) is 56.1 cm³/mol. The Kier molecular flexibility index (Phi) is 3.81. The summed E-state index contributed by atoms with van der Waals surface area (Å²) in [6.07, 6.45) is 4.38. The van der Waals surface area contributed by atoms with Crippen molar-refractivity contribution in [3.8, 4) is 5.75 Å². The van der Waals surface area contributed by atoms with Gasteiger partial charge >= 0.3 is 0 Å². The molecule has 0 heterocycles. The van der Waals surface area contributed by atoms with Gasteiger partial charge in [0.1, 0.15) is 5.75 Å². The van der Waals surface area contributed by atoms with E-state index in [0.717, 1.165) is 18.4 Å². The zero-order chi connectivity index (χ0) is 9.68. The fourth-order valence-corrected chi connectivity index (χ4v) is 1.44. The van der Waals surface area contributed by atoms with Crippen LogP contribution in [0.3, 0.4) is 0 Å². The molecular formula is C12H18O. The average molecular weight is 178 g/mol. The maximum Gasteiger partial charge on any atom is 0.119 e. The molecule has 0 radical (unpaired) electrons. The third-order valence-corrected chi connectivity index (χ3v) is 2.35. The lowest BCUT2D eigenvalue weighted by Gasteiger charge is -2.04. The van der Waals surface area contributed by atoms with Gasteiger partial charge in [0.05, 0.1) is 0 Å². The average Bonchev–Trinajstić information content (AvgIpc) is 2.15. The number of phenols is 1. The van der Waals surface area contributed by atoms with Crippen LogP contribution >= 0.6 is 0 Å². The molecule has 1 heteroatoms. The molecule has 13 heavy (non-hydrogen) atoms. The fraction of sp³-hybridized carbons (Fsp3) is 0.500. The van der Waals surface area contributed by atoms with Gasteiger partial charge in [-0.2, -0.15) is 0 Å². The van der Waals surface area contributed by atoms with E-state index >= 15 is 0 Å². The van der Waals surface area contributed by atoms with Crippen LogP contribution in [-0.2, 0) is 12.8 Å². The molecule has 0 spiro atoms. The van der Waals surface area contributed by atoms with Crippen molar-refractivity contribution >= 4 is 0 Å². The second kappa shape index (κ2) is 4.90. The molecular weight excluding hydrogens is 160 g/mol. The molecule has 0 aliphatic rings. The highest BCUT2D eigenvalue weighted by Crippen LogP contribution is 2.20. The van der Waals surface area contributed by atoms with Crippen LogP contribution in [-0.4, -0.2) is 5.11 Å². The monoisotopic (exact) mass is 178 g/mol. The van der Waals surface area contributed by atoms with E-state index in [2.05, 4.69) is 19.9 Å². The zero-order valence-corrected chi connectivity index (χ0v) is 8.51. The van der Waals surface area contributed by atoms with Gasteiger partial charge in [0.2, 0.25) is 0 Å². The third kappa shape index (κ3) is 2.76. The van der Waals surface area contributed by atoms with Crippen molar-refractivity contribution in [2.45, 2.75) is 39.5 Å². The maximum absolute atomic E-state index is 9.59. The summed E-state index contributed by atoms with van der Waals surface area (Å²) in [6.45, 7) is 4.24.